The fourth-order valence-corrected chi connectivity index (χ4v) is 2.37. The van der Waals surface area contributed by atoms with Crippen LogP contribution in [0.3, 0.4) is 0 Å². The van der Waals surface area contributed by atoms with Crippen molar-refractivity contribution in [1.29, 1.82) is 0 Å². The van der Waals surface area contributed by atoms with Gasteiger partial charge in [0.25, 0.3) is 0 Å². The summed E-state index contributed by atoms with van der Waals surface area (Å²) >= 11 is 0. The van der Waals surface area contributed by atoms with Gasteiger partial charge in [0.1, 0.15) is 0 Å². The Morgan fingerprint density at radius 2 is 2.21 bits per heavy atom. The van der Waals surface area contributed by atoms with Gasteiger partial charge in [0.05, 0.1) is 6.61 Å². The van der Waals surface area contributed by atoms with Crippen molar-refractivity contribution in [3.05, 3.63) is 0 Å². The Balaban J connectivity index is 0.00000180. The summed E-state index contributed by atoms with van der Waals surface area (Å²) in [6.07, 6.45) is 4.48. The molecule has 2 fully saturated rings. The molecule has 1 saturated heterocycles. The monoisotopic (exact) mass is 383 g/mol. The van der Waals surface area contributed by atoms with Crippen molar-refractivity contribution in [2.24, 2.45) is 16.3 Å². The van der Waals surface area contributed by atoms with Crippen molar-refractivity contribution in [2.45, 2.75) is 25.7 Å². The SMILES string of the molecule is CN=C(NCC1CC1)NCC1(CCO)CCOC1.I. The van der Waals surface area contributed by atoms with E-state index in [1.165, 1.54) is 12.8 Å². The maximum atomic E-state index is 9.17. The summed E-state index contributed by atoms with van der Waals surface area (Å²) in [5.74, 6) is 1.70. The molecule has 19 heavy (non-hydrogen) atoms. The molecule has 0 spiro atoms. The van der Waals surface area contributed by atoms with Crippen molar-refractivity contribution in [3.63, 3.8) is 0 Å². The van der Waals surface area contributed by atoms with Gasteiger partial charge in [-0.05, 0) is 31.6 Å². The van der Waals surface area contributed by atoms with Crippen LogP contribution >= 0.6 is 24.0 Å². The standard InChI is InChI=1S/C13H25N3O2.HI/c1-14-12(15-8-11-2-3-11)16-9-13(4-6-17)5-7-18-10-13;/h11,17H,2-10H2,1H3,(H2,14,15,16);1H. The zero-order valence-corrected chi connectivity index (χ0v) is 14.0. The van der Waals surface area contributed by atoms with E-state index in [-0.39, 0.29) is 36.0 Å². The van der Waals surface area contributed by atoms with E-state index in [1.54, 1.807) is 7.05 Å². The zero-order chi connectivity index (χ0) is 12.8. The Morgan fingerprint density at radius 3 is 2.74 bits per heavy atom. The summed E-state index contributed by atoms with van der Waals surface area (Å²) < 4.78 is 5.48. The van der Waals surface area contributed by atoms with Gasteiger partial charge >= 0.3 is 0 Å². The third-order valence-corrected chi connectivity index (χ3v) is 3.94. The molecule has 1 atom stereocenters. The summed E-state index contributed by atoms with van der Waals surface area (Å²) in [5, 5.41) is 15.9. The lowest BCUT2D eigenvalue weighted by Crippen LogP contribution is -2.45. The summed E-state index contributed by atoms with van der Waals surface area (Å²) in [5.41, 5.74) is 0.0753. The molecule has 0 amide bonds. The molecular formula is C13H26IN3O2. The average molecular weight is 383 g/mol. The van der Waals surface area contributed by atoms with Gasteiger partial charge in [0, 0.05) is 38.8 Å². The molecule has 1 aliphatic heterocycles. The van der Waals surface area contributed by atoms with E-state index in [0.29, 0.717) is 0 Å². The predicted octanol–water partition coefficient (Wildman–Crippen LogP) is 0.968. The molecule has 3 N–H and O–H groups in total. The lowest BCUT2D eigenvalue weighted by Gasteiger charge is -2.27. The van der Waals surface area contributed by atoms with Crippen LogP contribution in [0.1, 0.15) is 25.7 Å². The van der Waals surface area contributed by atoms with E-state index in [1.807, 2.05) is 0 Å². The van der Waals surface area contributed by atoms with E-state index in [2.05, 4.69) is 15.6 Å². The number of nitrogens with one attached hydrogen (secondary N) is 2. The van der Waals surface area contributed by atoms with Crippen molar-refractivity contribution in [1.82, 2.24) is 10.6 Å². The van der Waals surface area contributed by atoms with Crippen LogP contribution in [0.15, 0.2) is 4.99 Å². The van der Waals surface area contributed by atoms with Crippen LogP contribution in [0.2, 0.25) is 0 Å². The van der Waals surface area contributed by atoms with Crippen LogP contribution in [0.25, 0.3) is 0 Å². The third-order valence-electron chi connectivity index (χ3n) is 3.94. The number of rotatable bonds is 6. The molecule has 1 heterocycles. The number of ether oxygens (including phenoxy) is 1. The van der Waals surface area contributed by atoms with E-state index < -0.39 is 0 Å². The summed E-state index contributed by atoms with van der Waals surface area (Å²) in [7, 11) is 1.80. The quantitative estimate of drug-likeness (QED) is 0.363. The Kier molecular flexibility index (Phi) is 7.38. The number of halogens is 1. The van der Waals surface area contributed by atoms with Gasteiger partial charge in [-0.1, -0.05) is 0 Å². The summed E-state index contributed by atoms with van der Waals surface area (Å²) in [6.45, 7) is 3.59. The molecule has 1 unspecified atom stereocenters. The maximum Gasteiger partial charge on any atom is 0.191 e. The molecule has 1 saturated carbocycles. The van der Waals surface area contributed by atoms with Gasteiger partial charge in [0.15, 0.2) is 5.96 Å². The number of aliphatic imine (C=N–C) groups is 1. The molecule has 5 nitrogen and oxygen atoms in total. The minimum absolute atomic E-state index is 0. The van der Waals surface area contributed by atoms with E-state index >= 15 is 0 Å². The van der Waals surface area contributed by atoms with E-state index in [4.69, 9.17) is 9.84 Å². The van der Waals surface area contributed by atoms with Gasteiger partial charge in [-0.3, -0.25) is 4.99 Å². The first-order valence-corrected chi connectivity index (χ1v) is 6.91. The second-order valence-corrected chi connectivity index (χ2v) is 5.53. The highest BCUT2D eigenvalue weighted by molar-refractivity contribution is 14.0. The molecule has 112 valence electrons. The fourth-order valence-electron chi connectivity index (χ4n) is 2.37. The first-order valence-electron chi connectivity index (χ1n) is 6.91. The molecule has 0 bridgehead atoms. The highest BCUT2D eigenvalue weighted by atomic mass is 127. The van der Waals surface area contributed by atoms with Gasteiger partial charge < -0.3 is 20.5 Å². The number of hydrogen-bond acceptors (Lipinski definition) is 3. The van der Waals surface area contributed by atoms with Gasteiger partial charge in [0.2, 0.25) is 0 Å². The van der Waals surface area contributed by atoms with E-state index in [0.717, 1.165) is 51.0 Å². The first-order chi connectivity index (χ1) is 8.78. The van der Waals surface area contributed by atoms with Crippen LogP contribution in [-0.2, 0) is 4.74 Å². The fraction of sp³-hybridized carbons (Fsp3) is 0.923. The Bertz CT molecular complexity index is 290. The van der Waals surface area contributed by atoms with Crippen LogP contribution in [0, 0.1) is 11.3 Å². The molecule has 0 aromatic carbocycles. The molecule has 1 aliphatic carbocycles. The molecule has 0 radical (unpaired) electrons. The molecule has 2 aliphatic rings. The molecule has 6 heteroatoms. The van der Waals surface area contributed by atoms with Crippen LogP contribution in [0.4, 0.5) is 0 Å². The topological polar surface area (TPSA) is 65.9 Å². The number of aliphatic hydroxyl groups excluding tert-OH is 1. The minimum atomic E-state index is 0. The number of hydrogen-bond donors (Lipinski definition) is 3. The normalized spacial score (nSPS) is 26.9. The number of nitrogens with zero attached hydrogens (tertiary/aromatic N) is 1. The highest BCUT2D eigenvalue weighted by Crippen LogP contribution is 2.31. The second-order valence-electron chi connectivity index (χ2n) is 5.53. The smallest absolute Gasteiger partial charge is 0.191 e. The largest absolute Gasteiger partial charge is 0.396 e. The maximum absolute atomic E-state index is 9.17. The van der Waals surface area contributed by atoms with Crippen molar-refractivity contribution < 1.29 is 9.84 Å². The summed E-state index contributed by atoms with van der Waals surface area (Å²) in [4.78, 5) is 4.23. The Hall–Kier alpha value is -0.0800. The van der Waals surface area contributed by atoms with Crippen molar-refractivity contribution in [3.8, 4) is 0 Å². The molecule has 0 aromatic heterocycles. The highest BCUT2D eigenvalue weighted by Gasteiger charge is 2.34. The van der Waals surface area contributed by atoms with Gasteiger partial charge in [-0.25, -0.2) is 0 Å². The van der Waals surface area contributed by atoms with E-state index in [9.17, 15) is 0 Å². The van der Waals surface area contributed by atoms with Crippen LogP contribution in [0.5, 0.6) is 0 Å². The molecule has 0 aromatic rings. The van der Waals surface area contributed by atoms with Crippen LogP contribution in [-0.4, -0.2) is 51.0 Å². The predicted molar refractivity (Wildman–Crippen MR) is 87.1 cm³/mol. The summed E-state index contributed by atoms with van der Waals surface area (Å²) in [6, 6.07) is 0. The lowest BCUT2D eigenvalue weighted by atomic mass is 9.84. The zero-order valence-electron chi connectivity index (χ0n) is 11.7. The molecule has 2 rings (SSSR count). The van der Waals surface area contributed by atoms with Crippen molar-refractivity contribution >= 4 is 29.9 Å². The van der Waals surface area contributed by atoms with Crippen molar-refractivity contribution in [2.75, 3.05) is 40.0 Å². The van der Waals surface area contributed by atoms with Gasteiger partial charge in [-0.15, -0.1) is 24.0 Å². The second kappa shape index (κ2) is 8.26. The number of aliphatic hydroxyl groups is 1. The third kappa shape index (κ3) is 5.43. The first kappa shape index (κ1) is 17.0. The minimum Gasteiger partial charge on any atom is -0.396 e. The molecular weight excluding hydrogens is 357 g/mol. The lowest BCUT2D eigenvalue weighted by molar-refractivity contribution is 0.127. The average Bonchev–Trinajstić information content (AvgIpc) is 3.10. The van der Waals surface area contributed by atoms with Crippen LogP contribution < -0.4 is 10.6 Å². The number of guanidine groups is 1. The van der Waals surface area contributed by atoms with Gasteiger partial charge in [-0.2, -0.15) is 0 Å². The Labute approximate surface area is 132 Å². The Morgan fingerprint density at radius 1 is 1.42 bits per heavy atom.